The SMILES string of the molecule is C[Si](C)(Cl)CCCCCCCCCCCCCCCCCCCCCCCCCCCCCCCCCCCCCBr. The largest absolute Gasteiger partial charge is 0.168 e. The van der Waals surface area contributed by atoms with Crippen LogP contribution in [0, 0.1) is 0 Å². The van der Waals surface area contributed by atoms with Crippen molar-refractivity contribution in [3.8, 4) is 0 Å². The Hall–Kier alpha value is 0.987. The monoisotopic (exact) mass is 690 g/mol. The van der Waals surface area contributed by atoms with Crippen molar-refractivity contribution in [2.45, 2.75) is 244 Å². The van der Waals surface area contributed by atoms with Crippen LogP contribution in [0.25, 0.3) is 0 Å². The van der Waals surface area contributed by atoms with Gasteiger partial charge in [0, 0.05) is 5.33 Å². The average Bonchev–Trinajstić information content (AvgIpc) is 2.96. The van der Waals surface area contributed by atoms with Gasteiger partial charge in [-0.1, -0.05) is 247 Å². The Morgan fingerprint density at radius 2 is 0.429 bits per heavy atom. The maximum absolute atomic E-state index is 6.40. The summed E-state index contributed by atoms with van der Waals surface area (Å²) in [5, 5.41) is 1.19. The van der Waals surface area contributed by atoms with Crippen molar-refractivity contribution in [2.24, 2.45) is 0 Å². The molecule has 0 aliphatic heterocycles. The van der Waals surface area contributed by atoms with E-state index in [1.54, 1.807) is 0 Å². The van der Waals surface area contributed by atoms with Gasteiger partial charge in [0.1, 0.15) is 7.38 Å². The smallest absolute Gasteiger partial charge is 0.150 e. The number of hydrogen-bond acceptors (Lipinski definition) is 0. The van der Waals surface area contributed by atoms with E-state index in [0.717, 1.165) is 0 Å². The van der Waals surface area contributed by atoms with Crippen LogP contribution in [0.2, 0.25) is 19.1 Å². The zero-order valence-corrected chi connectivity index (χ0v) is 32.8. The summed E-state index contributed by atoms with van der Waals surface area (Å²) >= 11 is 9.93. The van der Waals surface area contributed by atoms with Gasteiger partial charge in [-0.05, 0) is 12.5 Å². The molecule has 0 N–H and O–H groups in total. The molecular weight excluding hydrogens is 612 g/mol. The van der Waals surface area contributed by atoms with Gasteiger partial charge < -0.3 is 0 Å². The summed E-state index contributed by atoms with van der Waals surface area (Å²) < 4.78 is 0. The zero-order valence-electron chi connectivity index (χ0n) is 29.4. The highest BCUT2D eigenvalue weighted by Gasteiger charge is 2.15. The van der Waals surface area contributed by atoms with E-state index in [0.29, 0.717) is 0 Å². The van der Waals surface area contributed by atoms with Gasteiger partial charge in [-0.2, -0.15) is 11.1 Å². The molecule has 0 saturated carbocycles. The number of rotatable bonds is 37. The normalized spacial score (nSPS) is 12.0. The van der Waals surface area contributed by atoms with Crippen LogP contribution in [0.4, 0.5) is 0 Å². The Bertz CT molecular complexity index is 477. The second kappa shape index (κ2) is 36.5. The lowest BCUT2D eigenvalue weighted by Crippen LogP contribution is -2.14. The fourth-order valence-corrected chi connectivity index (χ4v) is 8.36. The molecule has 0 radical (unpaired) electrons. The van der Waals surface area contributed by atoms with Gasteiger partial charge in [0.25, 0.3) is 0 Å². The van der Waals surface area contributed by atoms with E-state index in [4.69, 9.17) is 11.1 Å². The van der Waals surface area contributed by atoms with E-state index in [1.165, 1.54) is 236 Å². The Morgan fingerprint density at radius 1 is 0.286 bits per heavy atom. The Morgan fingerprint density at radius 3 is 0.571 bits per heavy atom. The molecule has 0 saturated heterocycles. The van der Waals surface area contributed by atoms with Crippen molar-refractivity contribution in [1.29, 1.82) is 0 Å². The lowest BCUT2D eigenvalue weighted by molar-refractivity contribution is 0.511. The lowest BCUT2D eigenvalue weighted by atomic mass is 10.0. The Kier molecular flexibility index (Phi) is 37.3. The molecule has 0 atom stereocenters. The van der Waals surface area contributed by atoms with Gasteiger partial charge in [0.2, 0.25) is 0 Å². The molecule has 0 heterocycles. The van der Waals surface area contributed by atoms with Crippen LogP contribution in [0.5, 0.6) is 0 Å². The van der Waals surface area contributed by atoms with E-state index in [-0.39, 0.29) is 0 Å². The van der Waals surface area contributed by atoms with Crippen LogP contribution >= 0.6 is 27.0 Å². The molecule has 0 nitrogen and oxygen atoms in total. The highest BCUT2D eigenvalue weighted by molar-refractivity contribution is 9.09. The van der Waals surface area contributed by atoms with E-state index >= 15 is 0 Å². The van der Waals surface area contributed by atoms with Gasteiger partial charge in [-0.25, -0.2) is 0 Å². The standard InChI is InChI=1S/C39H80BrClSi/c1-42(2,41)39-37-35-33-31-29-27-25-23-21-19-17-15-13-11-9-7-5-3-4-6-8-10-12-14-16-18-20-22-24-26-28-30-32-34-36-38-40/h3-39H2,1-2H3. The van der Waals surface area contributed by atoms with Gasteiger partial charge in [0.05, 0.1) is 0 Å². The molecule has 0 amide bonds. The maximum Gasteiger partial charge on any atom is 0.150 e. The number of alkyl halides is 1. The Balaban J connectivity index is 3.04. The van der Waals surface area contributed by atoms with Crippen molar-refractivity contribution >= 4 is 34.4 Å². The quantitative estimate of drug-likeness (QED) is 0.0263. The fraction of sp³-hybridized carbons (Fsp3) is 1.00. The zero-order chi connectivity index (χ0) is 30.7. The van der Waals surface area contributed by atoms with Crippen LogP contribution in [0.15, 0.2) is 0 Å². The third-order valence-electron chi connectivity index (χ3n) is 9.40. The predicted octanol–water partition coefficient (Wildman–Crippen LogP) is 16.5. The van der Waals surface area contributed by atoms with Crippen LogP contribution in [0.3, 0.4) is 0 Å². The molecule has 0 aliphatic carbocycles. The minimum absolute atomic E-state index is 1.19. The summed E-state index contributed by atoms with van der Waals surface area (Å²) in [7, 11) is -1.31. The fourth-order valence-electron chi connectivity index (χ4n) is 6.47. The van der Waals surface area contributed by atoms with E-state index in [1.807, 2.05) is 0 Å². The van der Waals surface area contributed by atoms with Crippen LogP contribution in [0.1, 0.15) is 225 Å². The van der Waals surface area contributed by atoms with E-state index in [9.17, 15) is 0 Å². The molecule has 42 heavy (non-hydrogen) atoms. The molecule has 0 aromatic heterocycles. The van der Waals surface area contributed by atoms with Crippen molar-refractivity contribution < 1.29 is 0 Å². The molecule has 0 aromatic rings. The highest BCUT2D eigenvalue weighted by atomic mass is 79.9. The van der Waals surface area contributed by atoms with Crippen molar-refractivity contribution in [3.63, 3.8) is 0 Å². The van der Waals surface area contributed by atoms with Gasteiger partial charge in [0.15, 0.2) is 0 Å². The molecule has 3 heteroatoms. The first-order valence-corrected chi connectivity index (χ1v) is 25.2. The first-order valence-electron chi connectivity index (χ1n) is 19.8. The second-order valence-corrected chi connectivity index (χ2v) is 22.3. The van der Waals surface area contributed by atoms with Crippen LogP contribution in [-0.4, -0.2) is 12.7 Å². The number of unbranched alkanes of at least 4 members (excludes halogenated alkanes) is 34. The van der Waals surface area contributed by atoms with Crippen LogP contribution in [-0.2, 0) is 0 Å². The van der Waals surface area contributed by atoms with Gasteiger partial charge >= 0.3 is 0 Å². The first kappa shape index (κ1) is 43.0. The molecule has 0 aromatic carbocycles. The minimum Gasteiger partial charge on any atom is -0.168 e. The van der Waals surface area contributed by atoms with E-state index in [2.05, 4.69) is 29.0 Å². The molecule has 0 spiro atoms. The lowest BCUT2D eigenvalue weighted by Gasteiger charge is -2.11. The summed E-state index contributed by atoms with van der Waals surface area (Å²) in [5.41, 5.74) is 0. The molecule has 0 fully saturated rings. The molecule has 0 bridgehead atoms. The van der Waals surface area contributed by atoms with Crippen molar-refractivity contribution in [2.75, 3.05) is 5.33 Å². The third kappa shape index (κ3) is 41.0. The first-order chi connectivity index (χ1) is 20.6. The van der Waals surface area contributed by atoms with Crippen molar-refractivity contribution in [1.82, 2.24) is 0 Å². The third-order valence-corrected chi connectivity index (χ3v) is 12.1. The van der Waals surface area contributed by atoms with Crippen LogP contribution < -0.4 is 0 Å². The van der Waals surface area contributed by atoms with E-state index < -0.39 is 7.38 Å². The molecule has 0 unspecified atom stereocenters. The average molecular weight is 693 g/mol. The summed E-state index contributed by atoms with van der Waals surface area (Å²) in [6, 6.07) is 1.30. The molecular formula is C39H80BrClSi. The summed E-state index contributed by atoms with van der Waals surface area (Å²) in [6.07, 6.45) is 51.4. The molecule has 254 valence electrons. The topological polar surface area (TPSA) is 0 Å². The van der Waals surface area contributed by atoms with Gasteiger partial charge in [-0.3, -0.25) is 0 Å². The number of halogens is 2. The highest BCUT2D eigenvalue weighted by Crippen LogP contribution is 2.20. The molecule has 0 aliphatic rings. The second-order valence-electron chi connectivity index (χ2n) is 14.5. The summed E-state index contributed by atoms with van der Waals surface area (Å²) in [4.78, 5) is 0. The minimum atomic E-state index is -1.31. The molecule has 0 rings (SSSR count). The predicted molar refractivity (Wildman–Crippen MR) is 204 cm³/mol. The summed E-state index contributed by atoms with van der Waals surface area (Å²) in [5.74, 6) is 0. The van der Waals surface area contributed by atoms with Gasteiger partial charge in [-0.15, -0.1) is 0 Å². The Labute approximate surface area is 282 Å². The summed E-state index contributed by atoms with van der Waals surface area (Å²) in [6.45, 7) is 4.55. The van der Waals surface area contributed by atoms with Crippen molar-refractivity contribution in [3.05, 3.63) is 0 Å². The number of hydrogen-bond donors (Lipinski definition) is 0. The maximum atomic E-state index is 6.40.